The van der Waals surface area contributed by atoms with E-state index in [0.717, 1.165) is 5.56 Å². The number of hydrogen-bond acceptors (Lipinski definition) is 12. The van der Waals surface area contributed by atoms with E-state index in [1.807, 2.05) is 13.8 Å². The molecule has 1 aromatic carbocycles. The molecule has 2 saturated heterocycles. The third-order valence-corrected chi connectivity index (χ3v) is 5.95. The highest BCUT2D eigenvalue weighted by atomic mass is 16.7. The summed E-state index contributed by atoms with van der Waals surface area (Å²) in [6.07, 6.45) is -15.8. The Morgan fingerprint density at radius 2 is 1.47 bits per heavy atom. The van der Waals surface area contributed by atoms with Crippen LogP contribution in [0.4, 0.5) is 0 Å². The molecule has 12 nitrogen and oxygen atoms in total. The van der Waals surface area contributed by atoms with Gasteiger partial charge >= 0.3 is 0 Å². The lowest BCUT2D eigenvalue weighted by atomic mass is 9.97. The van der Waals surface area contributed by atoms with E-state index in [4.69, 9.17) is 18.9 Å². The molecule has 0 bridgehead atoms. The molecule has 0 amide bonds. The van der Waals surface area contributed by atoms with Crippen molar-refractivity contribution in [1.82, 2.24) is 0 Å². The Hall–Kier alpha value is -1.71. The summed E-state index contributed by atoms with van der Waals surface area (Å²) in [5.41, 5.74) is 0.297. The van der Waals surface area contributed by atoms with Crippen molar-refractivity contribution in [2.75, 3.05) is 13.2 Å². The van der Waals surface area contributed by atoms with Crippen molar-refractivity contribution in [1.29, 1.82) is 0 Å². The zero-order valence-corrected chi connectivity index (χ0v) is 18.7. The van der Waals surface area contributed by atoms with Crippen molar-refractivity contribution < 1.29 is 54.7 Å². The van der Waals surface area contributed by atoms with Crippen LogP contribution in [0.3, 0.4) is 0 Å². The minimum absolute atomic E-state index is 0.0883. The van der Waals surface area contributed by atoms with Crippen LogP contribution in [0.5, 0.6) is 5.75 Å². The molecular formula is C22H32O12. The summed E-state index contributed by atoms with van der Waals surface area (Å²) in [6.45, 7) is 2.43. The Labute approximate surface area is 195 Å². The summed E-state index contributed by atoms with van der Waals surface area (Å²) >= 11 is 0. The van der Waals surface area contributed by atoms with Crippen LogP contribution in [-0.4, -0.2) is 110 Å². The summed E-state index contributed by atoms with van der Waals surface area (Å²) in [4.78, 5) is 12.5. The molecule has 0 saturated carbocycles. The van der Waals surface area contributed by atoms with Gasteiger partial charge in [-0.1, -0.05) is 26.0 Å². The summed E-state index contributed by atoms with van der Waals surface area (Å²) in [7, 11) is 0. The van der Waals surface area contributed by atoms with Crippen molar-refractivity contribution in [3.05, 3.63) is 40.1 Å². The van der Waals surface area contributed by atoms with Crippen molar-refractivity contribution >= 4 is 0 Å². The second kappa shape index (κ2) is 11.4. The molecule has 34 heavy (non-hydrogen) atoms. The van der Waals surface area contributed by atoms with Gasteiger partial charge < -0.3 is 54.7 Å². The SMILES string of the molecule is CC(C)c1cccc(O[C@@H]2O[C@H](CO)[C@@H](O[C@@H]3O[C@H](CO)[C@@H](O)[C@H](O)[C@H]3O)[C@H](O)[C@H]2O)c(=O)c1. The summed E-state index contributed by atoms with van der Waals surface area (Å²) in [5, 5.41) is 70.3. The van der Waals surface area contributed by atoms with Gasteiger partial charge in [-0.05, 0) is 23.6 Å². The van der Waals surface area contributed by atoms with E-state index in [0.29, 0.717) is 0 Å². The van der Waals surface area contributed by atoms with E-state index in [1.54, 1.807) is 12.1 Å². The molecule has 0 aromatic heterocycles. The van der Waals surface area contributed by atoms with E-state index in [2.05, 4.69) is 0 Å². The van der Waals surface area contributed by atoms with Gasteiger partial charge in [-0.2, -0.15) is 0 Å². The molecule has 0 spiro atoms. The highest BCUT2D eigenvalue weighted by Gasteiger charge is 2.51. The Balaban J connectivity index is 1.76. The monoisotopic (exact) mass is 488 g/mol. The highest BCUT2D eigenvalue weighted by Crippen LogP contribution is 2.29. The molecule has 3 rings (SSSR count). The van der Waals surface area contributed by atoms with Crippen LogP contribution in [0.1, 0.15) is 25.3 Å². The minimum atomic E-state index is -1.77. The molecule has 7 N–H and O–H groups in total. The van der Waals surface area contributed by atoms with Crippen molar-refractivity contribution in [2.24, 2.45) is 0 Å². The fourth-order valence-electron chi connectivity index (χ4n) is 3.83. The van der Waals surface area contributed by atoms with Crippen LogP contribution < -0.4 is 10.2 Å². The number of aliphatic hydroxyl groups excluding tert-OH is 7. The van der Waals surface area contributed by atoms with Gasteiger partial charge in [0, 0.05) is 0 Å². The fraction of sp³-hybridized carbons (Fsp3) is 0.682. The zero-order chi connectivity index (χ0) is 25.2. The molecule has 1 aromatic rings. The smallest absolute Gasteiger partial charge is 0.229 e. The number of hydrogen-bond donors (Lipinski definition) is 7. The molecule has 0 unspecified atom stereocenters. The Morgan fingerprint density at radius 1 is 0.853 bits per heavy atom. The molecular weight excluding hydrogens is 456 g/mol. The lowest BCUT2D eigenvalue weighted by Crippen LogP contribution is -2.65. The number of rotatable bonds is 7. The maximum Gasteiger partial charge on any atom is 0.229 e. The second-order valence-electron chi connectivity index (χ2n) is 8.68. The molecule has 2 aliphatic rings. The van der Waals surface area contributed by atoms with Gasteiger partial charge in [-0.25, -0.2) is 0 Å². The molecule has 10 atom stereocenters. The third kappa shape index (κ3) is 5.57. The first-order chi connectivity index (χ1) is 16.1. The fourth-order valence-corrected chi connectivity index (χ4v) is 3.83. The van der Waals surface area contributed by atoms with Crippen molar-refractivity contribution in [2.45, 2.75) is 81.2 Å². The van der Waals surface area contributed by atoms with E-state index >= 15 is 0 Å². The topological polar surface area (TPSA) is 196 Å². The van der Waals surface area contributed by atoms with E-state index in [-0.39, 0.29) is 11.7 Å². The molecule has 2 heterocycles. The van der Waals surface area contributed by atoms with Gasteiger partial charge in [0.25, 0.3) is 0 Å². The van der Waals surface area contributed by atoms with E-state index in [9.17, 15) is 40.5 Å². The average Bonchev–Trinajstić information content (AvgIpc) is 3.00. The quantitative estimate of drug-likeness (QED) is 0.208. The molecule has 2 fully saturated rings. The first kappa shape index (κ1) is 26.9. The maximum atomic E-state index is 12.5. The van der Waals surface area contributed by atoms with Gasteiger partial charge in [-0.15, -0.1) is 0 Å². The van der Waals surface area contributed by atoms with Crippen LogP contribution in [0, 0.1) is 0 Å². The summed E-state index contributed by atoms with van der Waals surface area (Å²) < 4.78 is 21.8. The summed E-state index contributed by atoms with van der Waals surface area (Å²) in [5.74, 6) is -0.0569. The first-order valence-electron chi connectivity index (χ1n) is 11.0. The predicted octanol–water partition coefficient (Wildman–Crippen LogP) is -2.83. The summed E-state index contributed by atoms with van der Waals surface area (Å²) in [6, 6.07) is 6.13. The van der Waals surface area contributed by atoms with Crippen LogP contribution in [0.15, 0.2) is 29.1 Å². The number of aliphatic hydroxyl groups is 7. The first-order valence-corrected chi connectivity index (χ1v) is 11.0. The largest absolute Gasteiger partial charge is 0.458 e. The molecule has 12 heteroatoms. The average molecular weight is 488 g/mol. The van der Waals surface area contributed by atoms with Gasteiger partial charge in [-0.3, -0.25) is 4.79 Å². The van der Waals surface area contributed by atoms with Crippen molar-refractivity contribution in [3.8, 4) is 5.75 Å². The Morgan fingerprint density at radius 3 is 2.09 bits per heavy atom. The lowest BCUT2D eigenvalue weighted by molar-refractivity contribution is -0.352. The van der Waals surface area contributed by atoms with Crippen LogP contribution >= 0.6 is 0 Å². The normalized spacial score (nSPS) is 38.6. The predicted molar refractivity (Wildman–Crippen MR) is 114 cm³/mol. The van der Waals surface area contributed by atoms with Crippen LogP contribution in [0.2, 0.25) is 0 Å². The molecule has 0 radical (unpaired) electrons. The maximum absolute atomic E-state index is 12.5. The molecule has 192 valence electrons. The highest BCUT2D eigenvalue weighted by molar-refractivity contribution is 5.27. The standard InChI is InChI=1S/C22H32O12/c1-9(2)10-4-3-5-12(11(25)6-10)31-21-19(30)17(28)20(14(8-24)33-21)34-22-18(29)16(27)15(26)13(7-23)32-22/h3-6,9,13-24,26-30H,7-8H2,1-2H3/t13-,14-,15-,16+,17-,18-,19-,20-,21-,22+/m1/s1. The van der Waals surface area contributed by atoms with Gasteiger partial charge in [0.05, 0.1) is 13.2 Å². The molecule has 0 aliphatic carbocycles. The van der Waals surface area contributed by atoms with E-state index in [1.165, 1.54) is 12.1 Å². The van der Waals surface area contributed by atoms with Gasteiger partial charge in [0.2, 0.25) is 11.7 Å². The number of ether oxygens (including phenoxy) is 4. The van der Waals surface area contributed by atoms with Crippen molar-refractivity contribution in [3.63, 3.8) is 0 Å². The second-order valence-corrected chi connectivity index (χ2v) is 8.68. The lowest BCUT2D eigenvalue weighted by Gasteiger charge is -2.45. The van der Waals surface area contributed by atoms with Crippen LogP contribution in [0.25, 0.3) is 0 Å². The van der Waals surface area contributed by atoms with Gasteiger partial charge in [0.15, 0.2) is 12.0 Å². The Bertz CT molecular complexity index is 862. The molecule has 2 aliphatic heterocycles. The van der Waals surface area contributed by atoms with Crippen LogP contribution in [-0.2, 0) is 14.2 Å². The Kier molecular flexibility index (Phi) is 8.98. The van der Waals surface area contributed by atoms with E-state index < -0.39 is 80.1 Å². The minimum Gasteiger partial charge on any atom is -0.458 e. The third-order valence-electron chi connectivity index (χ3n) is 5.95. The zero-order valence-electron chi connectivity index (χ0n) is 18.7. The van der Waals surface area contributed by atoms with Gasteiger partial charge in [0.1, 0.15) is 48.8 Å².